The summed E-state index contributed by atoms with van der Waals surface area (Å²) < 4.78 is 13.7. The minimum Gasteiger partial charge on any atom is -0.319 e. The standard InChI is InChI=1S/C11H13ClFN/c1-14-7-11(5-6-11)8-3-2-4-9(12)10(8)13/h2-4,14H,5-7H2,1H3. The molecule has 0 aliphatic heterocycles. The summed E-state index contributed by atoms with van der Waals surface area (Å²) >= 11 is 5.75. The second kappa shape index (κ2) is 3.52. The summed E-state index contributed by atoms with van der Waals surface area (Å²) in [5, 5.41) is 3.33. The van der Waals surface area contributed by atoms with Gasteiger partial charge in [0.2, 0.25) is 0 Å². The first-order chi connectivity index (χ1) is 6.69. The number of likely N-dealkylation sites (N-methyl/N-ethyl adjacent to an activating group) is 1. The van der Waals surface area contributed by atoms with Gasteiger partial charge in [-0.1, -0.05) is 23.7 Å². The van der Waals surface area contributed by atoms with E-state index in [4.69, 9.17) is 11.6 Å². The maximum atomic E-state index is 13.7. The van der Waals surface area contributed by atoms with Gasteiger partial charge in [-0.25, -0.2) is 4.39 Å². The van der Waals surface area contributed by atoms with Gasteiger partial charge in [0.05, 0.1) is 5.02 Å². The summed E-state index contributed by atoms with van der Waals surface area (Å²) in [5.41, 5.74) is 0.767. The molecule has 1 aliphatic carbocycles. The van der Waals surface area contributed by atoms with Crippen LogP contribution >= 0.6 is 11.6 Å². The Morgan fingerprint density at radius 2 is 2.21 bits per heavy atom. The SMILES string of the molecule is CNCC1(c2cccc(Cl)c2F)CC1. The highest BCUT2D eigenvalue weighted by Crippen LogP contribution is 2.49. The van der Waals surface area contributed by atoms with E-state index in [1.807, 2.05) is 19.2 Å². The van der Waals surface area contributed by atoms with E-state index < -0.39 is 0 Å². The van der Waals surface area contributed by atoms with E-state index in [1.54, 1.807) is 6.07 Å². The Balaban J connectivity index is 2.37. The van der Waals surface area contributed by atoms with Crippen LogP contribution in [0.2, 0.25) is 5.02 Å². The Hall–Kier alpha value is -0.600. The Bertz CT molecular complexity index is 347. The van der Waals surface area contributed by atoms with Crippen molar-refractivity contribution in [2.75, 3.05) is 13.6 Å². The molecule has 0 bridgehead atoms. The zero-order valence-electron chi connectivity index (χ0n) is 8.11. The second-order valence-electron chi connectivity index (χ2n) is 3.91. The maximum Gasteiger partial charge on any atom is 0.145 e. The van der Waals surface area contributed by atoms with Gasteiger partial charge in [0.15, 0.2) is 0 Å². The molecular formula is C11H13ClFN. The third-order valence-electron chi connectivity index (χ3n) is 2.89. The van der Waals surface area contributed by atoms with Crippen LogP contribution in [-0.2, 0) is 5.41 Å². The van der Waals surface area contributed by atoms with Gasteiger partial charge in [-0.15, -0.1) is 0 Å². The Labute approximate surface area is 88.3 Å². The van der Waals surface area contributed by atoms with Gasteiger partial charge in [0.1, 0.15) is 5.82 Å². The number of benzene rings is 1. The monoisotopic (exact) mass is 213 g/mol. The highest BCUT2D eigenvalue weighted by atomic mass is 35.5. The summed E-state index contributed by atoms with van der Waals surface area (Å²) in [6.07, 6.45) is 2.09. The Morgan fingerprint density at radius 3 is 2.79 bits per heavy atom. The lowest BCUT2D eigenvalue weighted by atomic mass is 9.95. The summed E-state index contributed by atoms with van der Waals surface area (Å²) in [6, 6.07) is 5.25. The van der Waals surface area contributed by atoms with Gasteiger partial charge in [-0.05, 0) is 31.5 Å². The molecule has 1 fully saturated rings. The zero-order valence-corrected chi connectivity index (χ0v) is 8.87. The van der Waals surface area contributed by atoms with Crippen LogP contribution in [0, 0.1) is 5.82 Å². The lowest BCUT2D eigenvalue weighted by molar-refractivity contribution is 0.552. The molecule has 14 heavy (non-hydrogen) atoms. The average Bonchev–Trinajstić information content (AvgIpc) is 2.91. The van der Waals surface area contributed by atoms with Gasteiger partial charge in [-0.2, -0.15) is 0 Å². The predicted octanol–water partition coefficient (Wildman–Crippen LogP) is 2.73. The van der Waals surface area contributed by atoms with E-state index in [-0.39, 0.29) is 16.3 Å². The van der Waals surface area contributed by atoms with Crippen molar-refractivity contribution in [2.24, 2.45) is 0 Å². The first kappa shape index (κ1) is 9.94. The van der Waals surface area contributed by atoms with Crippen molar-refractivity contribution in [2.45, 2.75) is 18.3 Å². The largest absolute Gasteiger partial charge is 0.319 e. The minimum atomic E-state index is -0.248. The molecule has 0 saturated heterocycles. The van der Waals surface area contributed by atoms with Crippen LogP contribution in [0.3, 0.4) is 0 Å². The molecule has 2 rings (SSSR count). The van der Waals surface area contributed by atoms with Gasteiger partial charge >= 0.3 is 0 Å². The second-order valence-corrected chi connectivity index (χ2v) is 4.32. The van der Waals surface area contributed by atoms with Crippen LogP contribution in [0.15, 0.2) is 18.2 Å². The molecule has 0 amide bonds. The fourth-order valence-corrected chi connectivity index (χ4v) is 2.12. The smallest absolute Gasteiger partial charge is 0.145 e. The Morgan fingerprint density at radius 1 is 1.50 bits per heavy atom. The molecule has 1 aromatic rings. The van der Waals surface area contributed by atoms with Gasteiger partial charge in [0, 0.05) is 12.0 Å². The molecule has 0 heterocycles. The van der Waals surface area contributed by atoms with Crippen LogP contribution in [0.1, 0.15) is 18.4 Å². The lowest BCUT2D eigenvalue weighted by Gasteiger charge is -2.16. The van der Waals surface area contributed by atoms with E-state index >= 15 is 0 Å². The highest BCUT2D eigenvalue weighted by Gasteiger charge is 2.45. The van der Waals surface area contributed by atoms with Crippen LogP contribution in [0.4, 0.5) is 4.39 Å². The van der Waals surface area contributed by atoms with Crippen molar-refractivity contribution in [3.05, 3.63) is 34.6 Å². The van der Waals surface area contributed by atoms with Crippen molar-refractivity contribution in [3.8, 4) is 0 Å². The van der Waals surface area contributed by atoms with Crippen molar-refractivity contribution in [1.29, 1.82) is 0 Å². The minimum absolute atomic E-state index is 0.00370. The summed E-state index contributed by atoms with van der Waals surface area (Å²) in [7, 11) is 1.89. The molecule has 1 aromatic carbocycles. The van der Waals surface area contributed by atoms with Gasteiger partial charge in [-0.3, -0.25) is 0 Å². The number of hydrogen-bond donors (Lipinski definition) is 1. The summed E-state index contributed by atoms with van der Waals surface area (Å²) in [6.45, 7) is 0.824. The van der Waals surface area contributed by atoms with Gasteiger partial charge in [0.25, 0.3) is 0 Å². The molecular weight excluding hydrogens is 201 g/mol. The molecule has 0 unspecified atom stereocenters. The molecule has 1 saturated carbocycles. The zero-order chi connectivity index (χ0) is 10.2. The van der Waals surface area contributed by atoms with Crippen LogP contribution in [-0.4, -0.2) is 13.6 Å². The Kier molecular flexibility index (Phi) is 2.50. The number of rotatable bonds is 3. The van der Waals surface area contributed by atoms with Crippen molar-refractivity contribution in [3.63, 3.8) is 0 Å². The van der Waals surface area contributed by atoms with E-state index in [0.717, 1.165) is 24.9 Å². The van der Waals surface area contributed by atoms with Crippen molar-refractivity contribution >= 4 is 11.6 Å². The maximum absolute atomic E-state index is 13.7. The van der Waals surface area contributed by atoms with E-state index in [2.05, 4.69) is 5.32 Å². The normalized spacial score (nSPS) is 18.2. The first-order valence-electron chi connectivity index (χ1n) is 4.79. The average molecular weight is 214 g/mol. The van der Waals surface area contributed by atoms with Crippen molar-refractivity contribution in [1.82, 2.24) is 5.32 Å². The third-order valence-corrected chi connectivity index (χ3v) is 3.18. The molecule has 0 radical (unpaired) electrons. The molecule has 0 atom stereocenters. The number of hydrogen-bond acceptors (Lipinski definition) is 1. The quantitative estimate of drug-likeness (QED) is 0.814. The molecule has 1 nitrogen and oxygen atoms in total. The molecule has 1 aliphatic rings. The summed E-state index contributed by atoms with van der Waals surface area (Å²) in [5.74, 6) is -0.248. The summed E-state index contributed by atoms with van der Waals surface area (Å²) in [4.78, 5) is 0. The van der Waals surface area contributed by atoms with E-state index in [0.29, 0.717) is 0 Å². The number of halogens is 2. The first-order valence-corrected chi connectivity index (χ1v) is 5.16. The fourth-order valence-electron chi connectivity index (χ4n) is 1.94. The third kappa shape index (κ3) is 1.53. The molecule has 1 N–H and O–H groups in total. The number of nitrogens with one attached hydrogen (secondary N) is 1. The fraction of sp³-hybridized carbons (Fsp3) is 0.455. The van der Waals surface area contributed by atoms with Gasteiger partial charge < -0.3 is 5.32 Å². The van der Waals surface area contributed by atoms with Crippen LogP contribution < -0.4 is 5.32 Å². The van der Waals surface area contributed by atoms with Crippen molar-refractivity contribution < 1.29 is 4.39 Å². The topological polar surface area (TPSA) is 12.0 Å². The predicted molar refractivity (Wildman–Crippen MR) is 56.2 cm³/mol. The van der Waals surface area contributed by atoms with Crippen LogP contribution in [0.5, 0.6) is 0 Å². The highest BCUT2D eigenvalue weighted by molar-refractivity contribution is 6.30. The van der Waals surface area contributed by atoms with Crippen LogP contribution in [0.25, 0.3) is 0 Å². The van der Waals surface area contributed by atoms with E-state index in [1.165, 1.54) is 0 Å². The molecule has 3 heteroatoms. The molecule has 0 spiro atoms. The lowest BCUT2D eigenvalue weighted by Crippen LogP contribution is -2.24. The van der Waals surface area contributed by atoms with E-state index in [9.17, 15) is 4.39 Å². The molecule has 76 valence electrons. The molecule has 0 aromatic heterocycles.